The Labute approximate surface area is 63.4 Å². The van der Waals surface area contributed by atoms with Crippen LogP contribution in [-0.4, -0.2) is 26.9 Å². The molecule has 0 bridgehead atoms. The molecule has 0 spiro atoms. The summed E-state index contributed by atoms with van der Waals surface area (Å²) in [6, 6.07) is 0. The summed E-state index contributed by atoms with van der Waals surface area (Å²) in [5.74, 6) is 0. The third-order valence-corrected chi connectivity index (χ3v) is 2.23. The van der Waals surface area contributed by atoms with Gasteiger partial charge in [0.05, 0.1) is 5.60 Å². The van der Waals surface area contributed by atoms with Gasteiger partial charge in [0.15, 0.2) is 0 Å². The minimum absolute atomic E-state index is 0.415. The summed E-state index contributed by atoms with van der Waals surface area (Å²) in [7, 11) is 0. The highest BCUT2D eigenvalue weighted by Gasteiger charge is 2.29. The van der Waals surface area contributed by atoms with Gasteiger partial charge in [-0.15, -0.1) is 0 Å². The van der Waals surface area contributed by atoms with Gasteiger partial charge in [-0.1, -0.05) is 0 Å². The van der Waals surface area contributed by atoms with Gasteiger partial charge in [-0.2, -0.15) is 0 Å². The standard InChI is InChI=1S/C5H10INO/c1-5(8)2-3-7(6)4-5/h8H,2-4H2,1H3. The highest BCUT2D eigenvalue weighted by molar-refractivity contribution is 14.1. The first-order chi connectivity index (χ1) is 3.60. The Morgan fingerprint density at radius 2 is 2.38 bits per heavy atom. The monoisotopic (exact) mass is 227 g/mol. The van der Waals surface area contributed by atoms with E-state index in [2.05, 4.69) is 26.0 Å². The molecule has 48 valence electrons. The number of hydrogen-bond donors (Lipinski definition) is 1. The van der Waals surface area contributed by atoms with Gasteiger partial charge in [-0.3, -0.25) is 0 Å². The van der Waals surface area contributed by atoms with E-state index in [1.54, 1.807) is 0 Å². The van der Waals surface area contributed by atoms with Crippen LogP contribution < -0.4 is 0 Å². The summed E-state index contributed by atoms with van der Waals surface area (Å²) in [5.41, 5.74) is -0.415. The van der Waals surface area contributed by atoms with E-state index >= 15 is 0 Å². The predicted molar refractivity (Wildman–Crippen MR) is 40.8 cm³/mol. The van der Waals surface area contributed by atoms with Crippen LogP contribution in [0.2, 0.25) is 0 Å². The minimum Gasteiger partial charge on any atom is -0.389 e. The first-order valence-electron chi connectivity index (χ1n) is 2.73. The van der Waals surface area contributed by atoms with E-state index in [-0.39, 0.29) is 0 Å². The number of hydrogen-bond acceptors (Lipinski definition) is 2. The average Bonchev–Trinajstić information content (AvgIpc) is 1.82. The van der Waals surface area contributed by atoms with E-state index < -0.39 is 5.60 Å². The van der Waals surface area contributed by atoms with E-state index in [0.29, 0.717) is 0 Å². The predicted octanol–water partition coefficient (Wildman–Crippen LogP) is 0.793. The van der Waals surface area contributed by atoms with E-state index in [4.69, 9.17) is 0 Å². The van der Waals surface area contributed by atoms with Crippen LogP contribution in [0.25, 0.3) is 0 Å². The number of nitrogens with zero attached hydrogens (tertiary/aromatic N) is 1. The second kappa shape index (κ2) is 2.11. The van der Waals surface area contributed by atoms with Crippen LogP contribution in [0, 0.1) is 0 Å². The summed E-state index contributed by atoms with van der Waals surface area (Å²) >= 11 is 2.23. The molecule has 1 rings (SSSR count). The van der Waals surface area contributed by atoms with Gasteiger partial charge in [0.1, 0.15) is 0 Å². The van der Waals surface area contributed by atoms with Crippen molar-refractivity contribution >= 4 is 22.9 Å². The molecular formula is C5H10INO. The summed E-state index contributed by atoms with van der Waals surface area (Å²) in [6.07, 6.45) is 0.913. The maximum Gasteiger partial charge on any atom is 0.0766 e. The Bertz CT molecular complexity index is 94.4. The van der Waals surface area contributed by atoms with Crippen molar-refractivity contribution < 1.29 is 5.11 Å². The van der Waals surface area contributed by atoms with E-state index in [1.807, 2.05) is 6.92 Å². The first-order valence-corrected chi connectivity index (χ1v) is 3.70. The average molecular weight is 227 g/mol. The Kier molecular flexibility index (Phi) is 1.79. The topological polar surface area (TPSA) is 23.5 Å². The lowest BCUT2D eigenvalue weighted by molar-refractivity contribution is 0.0781. The van der Waals surface area contributed by atoms with Crippen LogP contribution in [0.4, 0.5) is 0 Å². The molecule has 1 aliphatic rings. The van der Waals surface area contributed by atoms with Gasteiger partial charge in [-0.25, -0.2) is 3.11 Å². The lowest BCUT2D eigenvalue weighted by atomic mass is 10.1. The molecule has 1 saturated heterocycles. The van der Waals surface area contributed by atoms with Gasteiger partial charge < -0.3 is 5.11 Å². The normalized spacial score (nSPS) is 40.9. The zero-order valence-corrected chi connectivity index (χ0v) is 7.05. The summed E-state index contributed by atoms with van der Waals surface area (Å²) in [5, 5.41) is 9.32. The minimum atomic E-state index is -0.415. The molecular weight excluding hydrogens is 217 g/mol. The van der Waals surface area contributed by atoms with Crippen LogP contribution in [-0.2, 0) is 0 Å². The Morgan fingerprint density at radius 3 is 2.50 bits per heavy atom. The fourth-order valence-electron chi connectivity index (χ4n) is 0.890. The van der Waals surface area contributed by atoms with Crippen molar-refractivity contribution in [3.63, 3.8) is 0 Å². The number of halogens is 1. The van der Waals surface area contributed by atoms with E-state index in [9.17, 15) is 5.11 Å². The molecule has 1 N–H and O–H groups in total. The number of aliphatic hydroxyl groups is 1. The summed E-state index contributed by atoms with van der Waals surface area (Å²) in [4.78, 5) is 0. The molecule has 0 radical (unpaired) electrons. The molecule has 1 fully saturated rings. The van der Waals surface area contributed by atoms with E-state index in [0.717, 1.165) is 19.5 Å². The van der Waals surface area contributed by atoms with Gasteiger partial charge in [0.25, 0.3) is 0 Å². The molecule has 0 amide bonds. The van der Waals surface area contributed by atoms with Gasteiger partial charge in [-0.05, 0) is 13.3 Å². The summed E-state index contributed by atoms with van der Waals surface area (Å²) in [6.45, 7) is 3.72. The molecule has 3 heteroatoms. The molecule has 0 aromatic carbocycles. The quantitative estimate of drug-likeness (QED) is 0.488. The van der Waals surface area contributed by atoms with Crippen LogP contribution in [0.3, 0.4) is 0 Å². The van der Waals surface area contributed by atoms with Crippen LogP contribution in [0.1, 0.15) is 13.3 Å². The molecule has 0 aliphatic carbocycles. The van der Waals surface area contributed by atoms with Crippen molar-refractivity contribution in [1.82, 2.24) is 3.11 Å². The maximum absolute atomic E-state index is 9.32. The fourth-order valence-corrected chi connectivity index (χ4v) is 1.87. The Morgan fingerprint density at radius 1 is 1.75 bits per heavy atom. The Balaban J connectivity index is 2.44. The molecule has 2 nitrogen and oxygen atoms in total. The van der Waals surface area contributed by atoms with Crippen molar-refractivity contribution in [1.29, 1.82) is 0 Å². The van der Waals surface area contributed by atoms with Crippen LogP contribution in [0.15, 0.2) is 0 Å². The SMILES string of the molecule is CC1(O)CCN(I)C1. The smallest absolute Gasteiger partial charge is 0.0766 e. The van der Waals surface area contributed by atoms with Crippen molar-refractivity contribution in [2.75, 3.05) is 13.1 Å². The molecule has 0 saturated carbocycles. The largest absolute Gasteiger partial charge is 0.389 e. The second-order valence-electron chi connectivity index (χ2n) is 2.59. The zero-order valence-electron chi connectivity index (χ0n) is 4.89. The number of rotatable bonds is 0. The van der Waals surface area contributed by atoms with Crippen molar-refractivity contribution in [2.45, 2.75) is 18.9 Å². The van der Waals surface area contributed by atoms with E-state index in [1.165, 1.54) is 0 Å². The summed E-state index contributed by atoms with van der Waals surface area (Å²) < 4.78 is 2.11. The molecule has 8 heavy (non-hydrogen) atoms. The third kappa shape index (κ3) is 1.56. The molecule has 1 aliphatic heterocycles. The fraction of sp³-hybridized carbons (Fsp3) is 1.00. The lowest BCUT2D eigenvalue weighted by Crippen LogP contribution is -2.25. The molecule has 1 unspecified atom stereocenters. The first kappa shape index (κ1) is 6.77. The molecule has 0 aromatic heterocycles. The highest BCUT2D eigenvalue weighted by Crippen LogP contribution is 2.22. The molecule has 1 heterocycles. The third-order valence-electron chi connectivity index (χ3n) is 1.41. The highest BCUT2D eigenvalue weighted by atomic mass is 127. The number of β-amino-alcohol motifs (C(OH)–C–C–N with tert-alkyl or cyclic N) is 1. The van der Waals surface area contributed by atoms with Gasteiger partial charge in [0, 0.05) is 36.0 Å². The zero-order chi connectivity index (χ0) is 6.20. The second-order valence-corrected chi connectivity index (χ2v) is 3.96. The van der Waals surface area contributed by atoms with Gasteiger partial charge in [0.2, 0.25) is 0 Å². The lowest BCUT2D eigenvalue weighted by Gasteiger charge is -2.13. The molecule has 0 aromatic rings. The van der Waals surface area contributed by atoms with Crippen LogP contribution in [0.5, 0.6) is 0 Å². The molecule has 1 atom stereocenters. The van der Waals surface area contributed by atoms with Crippen molar-refractivity contribution in [2.24, 2.45) is 0 Å². The van der Waals surface area contributed by atoms with Crippen molar-refractivity contribution in [3.05, 3.63) is 0 Å². The van der Waals surface area contributed by atoms with Crippen molar-refractivity contribution in [3.8, 4) is 0 Å². The Hall–Kier alpha value is 0.650. The van der Waals surface area contributed by atoms with Gasteiger partial charge >= 0.3 is 0 Å². The van der Waals surface area contributed by atoms with Crippen LogP contribution >= 0.6 is 22.9 Å². The maximum atomic E-state index is 9.32.